The molecule has 6 heteroatoms. The highest BCUT2D eigenvalue weighted by molar-refractivity contribution is 5.81. The third-order valence-corrected chi connectivity index (χ3v) is 5.47. The van der Waals surface area contributed by atoms with Gasteiger partial charge in [-0.25, -0.2) is 0 Å². The minimum Gasteiger partial charge on any atom is -0.490 e. The van der Waals surface area contributed by atoms with Crippen molar-refractivity contribution in [2.45, 2.75) is 31.8 Å². The van der Waals surface area contributed by atoms with Gasteiger partial charge in [0.2, 0.25) is 5.91 Å². The van der Waals surface area contributed by atoms with Crippen molar-refractivity contribution in [3.8, 4) is 16.9 Å². The van der Waals surface area contributed by atoms with E-state index >= 15 is 0 Å². The first-order chi connectivity index (χ1) is 13.3. The van der Waals surface area contributed by atoms with Crippen molar-refractivity contribution in [1.29, 1.82) is 0 Å². The molecule has 1 saturated heterocycles. The SMILES string of the molecule is O=C(C1CC1)N1CCC(Oc2ccc(-c3ccn4cnnc4c3)cc2)CC1. The highest BCUT2D eigenvalue weighted by Gasteiger charge is 2.35. The van der Waals surface area contributed by atoms with Crippen molar-refractivity contribution in [1.82, 2.24) is 19.5 Å². The Bertz CT molecular complexity index is 954. The molecule has 2 aromatic heterocycles. The molecule has 0 bridgehead atoms. The van der Waals surface area contributed by atoms with Crippen LogP contribution in [0.3, 0.4) is 0 Å². The number of benzene rings is 1. The summed E-state index contributed by atoms with van der Waals surface area (Å²) in [5.74, 6) is 1.55. The maximum Gasteiger partial charge on any atom is 0.225 e. The number of aromatic nitrogens is 3. The monoisotopic (exact) mass is 362 g/mol. The van der Waals surface area contributed by atoms with Crippen LogP contribution >= 0.6 is 0 Å². The van der Waals surface area contributed by atoms with Crippen LogP contribution in [0.4, 0.5) is 0 Å². The molecule has 1 aliphatic heterocycles. The Morgan fingerprint density at radius 1 is 1.00 bits per heavy atom. The van der Waals surface area contributed by atoms with Gasteiger partial charge in [-0.1, -0.05) is 12.1 Å². The molecule has 0 N–H and O–H groups in total. The highest BCUT2D eigenvalue weighted by atomic mass is 16.5. The smallest absolute Gasteiger partial charge is 0.225 e. The van der Waals surface area contributed by atoms with Gasteiger partial charge in [0.25, 0.3) is 0 Å². The Balaban J connectivity index is 1.21. The van der Waals surface area contributed by atoms with Crippen LogP contribution < -0.4 is 4.74 Å². The second-order valence-electron chi connectivity index (χ2n) is 7.45. The molecule has 1 saturated carbocycles. The molecular weight excluding hydrogens is 340 g/mol. The molecule has 0 spiro atoms. The summed E-state index contributed by atoms with van der Waals surface area (Å²) < 4.78 is 8.03. The van der Waals surface area contributed by atoms with Crippen molar-refractivity contribution in [2.24, 2.45) is 5.92 Å². The minimum atomic E-state index is 0.187. The summed E-state index contributed by atoms with van der Waals surface area (Å²) in [4.78, 5) is 14.2. The molecule has 0 unspecified atom stereocenters. The van der Waals surface area contributed by atoms with E-state index in [9.17, 15) is 4.79 Å². The molecule has 1 aromatic carbocycles. The molecule has 27 heavy (non-hydrogen) atoms. The maximum absolute atomic E-state index is 12.1. The van der Waals surface area contributed by atoms with Crippen molar-refractivity contribution >= 4 is 11.6 Å². The Labute approximate surface area is 157 Å². The largest absolute Gasteiger partial charge is 0.490 e. The molecule has 0 radical (unpaired) electrons. The lowest BCUT2D eigenvalue weighted by Crippen LogP contribution is -2.42. The molecule has 1 aliphatic carbocycles. The summed E-state index contributed by atoms with van der Waals surface area (Å²) >= 11 is 0. The van der Waals surface area contributed by atoms with Crippen LogP contribution in [-0.2, 0) is 4.79 Å². The van der Waals surface area contributed by atoms with Crippen LogP contribution in [0.15, 0.2) is 48.9 Å². The second kappa shape index (κ2) is 6.68. The van der Waals surface area contributed by atoms with Crippen LogP contribution in [0.1, 0.15) is 25.7 Å². The average molecular weight is 362 g/mol. The first-order valence-electron chi connectivity index (χ1n) is 9.61. The Morgan fingerprint density at radius 3 is 2.52 bits per heavy atom. The second-order valence-corrected chi connectivity index (χ2v) is 7.45. The first-order valence-corrected chi connectivity index (χ1v) is 9.61. The van der Waals surface area contributed by atoms with E-state index in [4.69, 9.17) is 4.74 Å². The molecule has 6 nitrogen and oxygen atoms in total. The first kappa shape index (κ1) is 16.3. The lowest BCUT2D eigenvalue weighted by Gasteiger charge is -2.32. The molecule has 2 fully saturated rings. The summed E-state index contributed by atoms with van der Waals surface area (Å²) in [6, 6.07) is 12.3. The van der Waals surface area contributed by atoms with Gasteiger partial charge < -0.3 is 9.64 Å². The van der Waals surface area contributed by atoms with Gasteiger partial charge in [0, 0.05) is 38.0 Å². The number of amides is 1. The third kappa shape index (κ3) is 3.39. The average Bonchev–Trinajstić information content (AvgIpc) is 3.46. The van der Waals surface area contributed by atoms with Gasteiger partial charge in [-0.2, -0.15) is 0 Å². The Kier molecular flexibility index (Phi) is 4.03. The van der Waals surface area contributed by atoms with Gasteiger partial charge in [-0.15, -0.1) is 10.2 Å². The predicted octanol–water partition coefficient (Wildman–Crippen LogP) is 3.18. The van der Waals surface area contributed by atoms with E-state index in [1.807, 2.05) is 33.7 Å². The zero-order valence-electron chi connectivity index (χ0n) is 15.1. The maximum atomic E-state index is 12.1. The van der Waals surface area contributed by atoms with Crippen LogP contribution in [-0.4, -0.2) is 44.6 Å². The van der Waals surface area contributed by atoms with Gasteiger partial charge in [-0.05, 0) is 48.2 Å². The summed E-state index contributed by atoms with van der Waals surface area (Å²) in [7, 11) is 0. The molecule has 2 aliphatic rings. The van der Waals surface area contributed by atoms with Crippen LogP contribution in [0, 0.1) is 5.92 Å². The number of carbonyl (C=O) groups excluding carboxylic acids is 1. The summed E-state index contributed by atoms with van der Waals surface area (Å²) in [5.41, 5.74) is 3.06. The lowest BCUT2D eigenvalue weighted by molar-refractivity contribution is -0.134. The van der Waals surface area contributed by atoms with Crippen LogP contribution in [0.5, 0.6) is 5.75 Å². The van der Waals surface area contributed by atoms with E-state index in [1.54, 1.807) is 6.33 Å². The highest BCUT2D eigenvalue weighted by Crippen LogP contribution is 2.32. The zero-order chi connectivity index (χ0) is 18.2. The normalized spacial score (nSPS) is 18.0. The molecule has 3 heterocycles. The van der Waals surface area contributed by atoms with E-state index in [1.165, 1.54) is 0 Å². The van der Waals surface area contributed by atoms with E-state index in [0.29, 0.717) is 11.8 Å². The third-order valence-electron chi connectivity index (χ3n) is 5.47. The molecule has 5 rings (SSSR count). The number of rotatable bonds is 4. The van der Waals surface area contributed by atoms with Gasteiger partial charge in [0.05, 0.1) is 0 Å². The van der Waals surface area contributed by atoms with Crippen LogP contribution in [0.2, 0.25) is 0 Å². The molecule has 138 valence electrons. The number of pyridine rings is 1. The topological polar surface area (TPSA) is 59.7 Å². The summed E-state index contributed by atoms with van der Waals surface area (Å²) in [6.07, 6.45) is 7.81. The standard InChI is InChI=1S/C21H22N4O2/c26-21(16-1-2-16)24-11-8-19(9-12-24)27-18-5-3-15(4-6-18)17-7-10-25-14-22-23-20(25)13-17/h3-7,10,13-14,16,19H,1-2,8-9,11-12H2. The number of hydrogen-bond acceptors (Lipinski definition) is 4. The van der Waals surface area contributed by atoms with Gasteiger partial charge in [-0.3, -0.25) is 9.20 Å². The van der Waals surface area contributed by atoms with E-state index in [2.05, 4.69) is 28.4 Å². The van der Waals surface area contributed by atoms with Gasteiger partial charge >= 0.3 is 0 Å². The number of fused-ring (bicyclic) bond motifs is 1. The number of piperidine rings is 1. The molecular formula is C21H22N4O2. The number of likely N-dealkylation sites (tertiary alicyclic amines) is 1. The Morgan fingerprint density at radius 2 is 1.78 bits per heavy atom. The molecule has 0 atom stereocenters. The van der Waals surface area contributed by atoms with E-state index in [-0.39, 0.29) is 6.10 Å². The lowest BCUT2D eigenvalue weighted by atomic mass is 10.1. The van der Waals surface area contributed by atoms with Crippen molar-refractivity contribution in [2.75, 3.05) is 13.1 Å². The van der Waals surface area contributed by atoms with Gasteiger partial charge in [0.1, 0.15) is 18.2 Å². The molecule has 1 amide bonds. The Hall–Kier alpha value is -2.89. The fourth-order valence-corrected chi connectivity index (χ4v) is 3.70. The van der Waals surface area contributed by atoms with E-state index < -0.39 is 0 Å². The number of carbonyl (C=O) groups is 1. The predicted molar refractivity (Wildman–Crippen MR) is 101 cm³/mol. The van der Waals surface area contributed by atoms with Gasteiger partial charge in [0.15, 0.2) is 5.65 Å². The van der Waals surface area contributed by atoms with E-state index in [0.717, 1.165) is 61.3 Å². The molecule has 3 aromatic rings. The minimum absolute atomic E-state index is 0.187. The fourth-order valence-electron chi connectivity index (χ4n) is 3.70. The zero-order valence-corrected chi connectivity index (χ0v) is 15.1. The fraction of sp³-hybridized carbons (Fsp3) is 0.381. The van der Waals surface area contributed by atoms with Crippen LogP contribution in [0.25, 0.3) is 16.8 Å². The summed E-state index contributed by atoms with van der Waals surface area (Å²) in [5, 5.41) is 8.01. The number of nitrogens with zero attached hydrogens (tertiary/aromatic N) is 4. The van der Waals surface area contributed by atoms with Crippen molar-refractivity contribution in [3.05, 3.63) is 48.9 Å². The quantitative estimate of drug-likeness (QED) is 0.715. The number of hydrogen-bond donors (Lipinski definition) is 0. The summed E-state index contributed by atoms with van der Waals surface area (Å²) in [6.45, 7) is 1.63. The van der Waals surface area contributed by atoms with Crippen molar-refractivity contribution in [3.63, 3.8) is 0 Å². The van der Waals surface area contributed by atoms with Crippen molar-refractivity contribution < 1.29 is 9.53 Å². The number of ether oxygens (including phenoxy) is 1.